The molecule has 1 aliphatic carbocycles. The second-order valence-corrected chi connectivity index (χ2v) is 4.73. The minimum atomic E-state index is -0.834. The molecule has 6 nitrogen and oxygen atoms in total. The van der Waals surface area contributed by atoms with E-state index in [2.05, 4.69) is 10.3 Å². The van der Waals surface area contributed by atoms with Crippen LogP contribution in [-0.4, -0.2) is 33.3 Å². The molecular weight excluding hydrogens is 236 g/mol. The second kappa shape index (κ2) is 4.81. The quantitative estimate of drug-likeness (QED) is 0.613. The summed E-state index contributed by atoms with van der Waals surface area (Å²) in [4.78, 5) is 25.0. The number of rotatable bonds is 3. The number of carbonyl (C=O) groups is 1. The van der Waals surface area contributed by atoms with E-state index in [4.69, 9.17) is 0 Å². The summed E-state index contributed by atoms with van der Waals surface area (Å²) in [6.45, 7) is 0.166. The fourth-order valence-electron chi connectivity index (χ4n) is 2.22. The molecule has 1 aromatic rings. The maximum atomic E-state index is 11.8. The van der Waals surface area contributed by atoms with Gasteiger partial charge in [-0.05, 0) is 12.8 Å². The summed E-state index contributed by atoms with van der Waals surface area (Å²) in [5.74, 6) is -0.830. The molecule has 0 bridgehead atoms. The fraction of sp³-hybridized carbons (Fsp3) is 0.500. The van der Waals surface area contributed by atoms with Crippen LogP contribution in [0, 0.1) is 0 Å². The topological polar surface area (TPSA) is 102 Å². The van der Waals surface area contributed by atoms with Crippen molar-refractivity contribution in [1.29, 1.82) is 0 Å². The van der Waals surface area contributed by atoms with Crippen molar-refractivity contribution >= 4 is 5.91 Å². The van der Waals surface area contributed by atoms with Crippen LogP contribution in [0.25, 0.3) is 0 Å². The van der Waals surface area contributed by atoms with Gasteiger partial charge in [0.2, 0.25) is 0 Å². The maximum Gasteiger partial charge on any atom is 0.251 e. The number of amides is 1. The van der Waals surface area contributed by atoms with Gasteiger partial charge in [-0.3, -0.25) is 14.6 Å². The lowest BCUT2D eigenvalue weighted by molar-refractivity contribution is 0.0449. The lowest BCUT2D eigenvalue weighted by atomic mass is 10.0. The average molecular weight is 252 g/mol. The molecule has 0 spiro atoms. The van der Waals surface area contributed by atoms with Crippen LogP contribution in [0.15, 0.2) is 16.9 Å². The first-order valence-electron chi connectivity index (χ1n) is 5.92. The molecule has 1 fully saturated rings. The van der Waals surface area contributed by atoms with Crippen LogP contribution in [0.5, 0.6) is 5.88 Å². The van der Waals surface area contributed by atoms with Gasteiger partial charge in [0.1, 0.15) is 0 Å². The molecule has 0 atom stereocenters. The Bertz CT molecular complexity index is 503. The molecule has 2 rings (SSSR count). The smallest absolute Gasteiger partial charge is 0.251 e. The zero-order valence-electron chi connectivity index (χ0n) is 9.90. The summed E-state index contributed by atoms with van der Waals surface area (Å²) < 4.78 is 0. The van der Waals surface area contributed by atoms with Gasteiger partial charge < -0.3 is 15.5 Å². The van der Waals surface area contributed by atoms with Crippen molar-refractivity contribution in [3.05, 3.63) is 28.0 Å². The summed E-state index contributed by atoms with van der Waals surface area (Å²) in [6, 6.07) is 2.28. The van der Waals surface area contributed by atoms with Crippen LogP contribution in [0.3, 0.4) is 0 Å². The number of hydrogen-bond acceptors (Lipinski definition) is 4. The number of H-pyrrole nitrogens is 1. The van der Waals surface area contributed by atoms with E-state index in [1.165, 1.54) is 6.07 Å². The van der Waals surface area contributed by atoms with Gasteiger partial charge in [0.05, 0.1) is 11.2 Å². The highest BCUT2D eigenvalue weighted by Crippen LogP contribution is 2.28. The molecule has 1 heterocycles. The zero-order chi connectivity index (χ0) is 13.2. The number of hydrogen-bond donors (Lipinski definition) is 4. The van der Waals surface area contributed by atoms with Crippen molar-refractivity contribution in [2.24, 2.45) is 0 Å². The van der Waals surface area contributed by atoms with E-state index in [-0.39, 0.29) is 18.0 Å². The zero-order valence-corrected chi connectivity index (χ0v) is 9.90. The van der Waals surface area contributed by atoms with Crippen LogP contribution >= 0.6 is 0 Å². The van der Waals surface area contributed by atoms with E-state index >= 15 is 0 Å². The standard InChI is InChI=1S/C12H16N2O4/c15-9-5-8(6-10(16)14-9)11(17)13-7-12(18)3-1-2-4-12/h5-6,18H,1-4,7H2,(H,13,17)(H2,14,15,16). The number of aromatic hydroxyl groups is 1. The Morgan fingerprint density at radius 3 is 2.67 bits per heavy atom. The third-order valence-electron chi connectivity index (χ3n) is 3.20. The summed E-state index contributed by atoms with van der Waals surface area (Å²) in [5.41, 5.74) is -1.29. The van der Waals surface area contributed by atoms with Gasteiger partial charge in [0.15, 0.2) is 5.88 Å². The van der Waals surface area contributed by atoms with Crippen LogP contribution in [0.4, 0.5) is 0 Å². The van der Waals surface area contributed by atoms with E-state index < -0.39 is 17.1 Å². The number of pyridine rings is 1. The number of carbonyl (C=O) groups excluding carboxylic acids is 1. The minimum absolute atomic E-state index is 0.0813. The predicted octanol–water partition coefficient (Wildman–Crippen LogP) is 0.115. The number of aromatic nitrogens is 1. The SMILES string of the molecule is O=C(NCC1(O)CCCC1)c1cc(O)[nH]c(=O)c1. The first kappa shape index (κ1) is 12.6. The Labute approximate surface area is 104 Å². The Hall–Kier alpha value is -1.82. The Morgan fingerprint density at radius 1 is 1.39 bits per heavy atom. The largest absolute Gasteiger partial charge is 0.494 e. The molecule has 0 aromatic carbocycles. The van der Waals surface area contributed by atoms with Crippen LogP contribution in [0.2, 0.25) is 0 Å². The van der Waals surface area contributed by atoms with Gasteiger partial charge in [-0.15, -0.1) is 0 Å². The number of aromatic amines is 1. The Morgan fingerprint density at radius 2 is 2.06 bits per heavy atom. The summed E-state index contributed by atoms with van der Waals surface area (Å²) >= 11 is 0. The van der Waals surface area contributed by atoms with Crippen molar-refractivity contribution in [3.63, 3.8) is 0 Å². The normalized spacial score (nSPS) is 17.6. The van der Waals surface area contributed by atoms with Gasteiger partial charge in [-0.2, -0.15) is 0 Å². The lowest BCUT2D eigenvalue weighted by Gasteiger charge is -2.22. The van der Waals surface area contributed by atoms with Gasteiger partial charge >= 0.3 is 0 Å². The van der Waals surface area contributed by atoms with Crippen molar-refractivity contribution < 1.29 is 15.0 Å². The molecule has 1 aliphatic rings. The van der Waals surface area contributed by atoms with Crippen LogP contribution in [-0.2, 0) is 0 Å². The summed E-state index contributed by atoms with van der Waals surface area (Å²) in [7, 11) is 0. The summed E-state index contributed by atoms with van der Waals surface area (Å²) in [6.07, 6.45) is 3.26. The van der Waals surface area contributed by atoms with Crippen molar-refractivity contribution in [3.8, 4) is 5.88 Å². The molecule has 1 amide bonds. The average Bonchev–Trinajstić information content (AvgIpc) is 2.72. The maximum absolute atomic E-state index is 11.8. The first-order chi connectivity index (χ1) is 8.48. The van der Waals surface area contributed by atoms with Crippen LogP contribution in [0.1, 0.15) is 36.0 Å². The van der Waals surface area contributed by atoms with Crippen molar-refractivity contribution in [1.82, 2.24) is 10.3 Å². The molecule has 0 saturated heterocycles. The van der Waals surface area contributed by atoms with E-state index in [0.717, 1.165) is 18.9 Å². The molecular formula is C12H16N2O4. The monoisotopic (exact) mass is 252 g/mol. The molecule has 1 aromatic heterocycles. The van der Waals surface area contributed by atoms with Gasteiger partial charge in [-0.1, -0.05) is 12.8 Å². The van der Waals surface area contributed by atoms with Gasteiger partial charge in [0.25, 0.3) is 11.5 Å². The van der Waals surface area contributed by atoms with Crippen molar-refractivity contribution in [2.45, 2.75) is 31.3 Å². The highest BCUT2D eigenvalue weighted by atomic mass is 16.3. The third kappa shape index (κ3) is 2.89. The molecule has 18 heavy (non-hydrogen) atoms. The molecule has 4 N–H and O–H groups in total. The minimum Gasteiger partial charge on any atom is -0.494 e. The van der Waals surface area contributed by atoms with Gasteiger partial charge in [0, 0.05) is 18.7 Å². The molecule has 0 aliphatic heterocycles. The highest BCUT2D eigenvalue weighted by Gasteiger charge is 2.31. The predicted molar refractivity (Wildman–Crippen MR) is 64.5 cm³/mol. The van der Waals surface area contributed by atoms with E-state index in [9.17, 15) is 19.8 Å². The van der Waals surface area contributed by atoms with E-state index in [0.29, 0.717) is 12.8 Å². The van der Waals surface area contributed by atoms with Crippen LogP contribution < -0.4 is 10.9 Å². The van der Waals surface area contributed by atoms with E-state index in [1.54, 1.807) is 0 Å². The number of nitrogens with one attached hydrogen (secondary N) is 2. The lowest BCUT2D eigenvalue weighted by Crippen LogP contribution is -2.40. The molecule has 0 unspecified atom stereocenters. The summed E-state index contributed by atoms with van der Waals surface area (Å²) in [5, 5.41) is 21.8. The van der Waals surface area contributed by atoms with E-state index in [1.807, 2.05) is 0 Å². The molecule has 1 saturated carbocycles. The molecule has 0 radical (unpaired) electrons. The third-order valence-corrected chi connectivity index (χ3v) is 3.20. The first-order valence-corrected chi connectivity index (χ1v) is 5.92. The fourth-order valence-corrected chi connectivity index (χ4v) is 2.22. The Balaban J connectivity index is 2.01. The van der Waals surface area contributed by atoms with Crippen molar-refractivity contribution in [2.75, 3.05) is 6.54 Å². The molecule has 98 valence electrons. The molecule has 6 heteroatoms. The Kier molecular flexibility index (Phi) is 3.38. The number of aliphatic hydroxyl groups is 1. The highest BCUT2D eigenvalue weighted by molar-refractivity contribution is 5.94. The van der Waals surface area contributed by atoms with Gasteiger partial charge in [-0.25, -0.2) is 0 Å². The second-order valence-electron chi connectivity index (χ2n) is 4.73.